The molecule has 23 heavy (non-hydrogen) atoms. The highest BCUT2D eigenvalue weighted by Gasteiger charge is 2.34. The summed E-state index contributed by atoms with van der Waals surface area (Å²) in [5.74, 6) is 0.625. The highest BCUT2D eigenvalue weighted by atomic mass is 127. The van der Waals surface area contributed by atoms with Crippen molar-refractivity contribution in [1.29, 1.82) is 0 Å². The van der Waals surface area contributed by atoms with Crippen molar-refractivity contribution in [2.24, 2.45) is 16.1 Å². The van der Waals surface area contributed by atoms with E-state index in [0.29, 0.717) is 11.4 Å². The second-order valence-corrected chi connectivity index (χ2v) is 6.93. The summed E-state index contributed by atoms with van der Waals surface area (Å²) in [4.78, 5) is 7.24. The first-order chi connectivity index (χ1) is 10.7. The van der Waals surface area contributed by atoms with Gasteiger partial charge in [0, 0.05) is 38.1 Å². The Kier molecular flexibility index (Phi) is 10.5. The molecule has 2 aliphatic rings. The van der Waals surface area contributed by atoms with Crippen LogP contribution in [-0.2, 0) is 4.74 Å². The molecular weight excluding hydrogens is 403 g/mol. The molecule has 0 aromatic heterocycles. The largest absolute Gasteiger partial charge is 0.379 e. The zero-order valence-electron chi connectivity index (χ0n) is 14.7. The van der Waals surface area contributed by atoms with Crippen LogP contribution in [0.4, 0.5) is 0 Å². The van der Waals surface area contributed by atoms with Crippen molar-refractivity contribution in [3.8, 4) is 0 Å². The van der Waals surface area contributed by atoms with E-state index in [1.54, 1.807) is 0 Å². The maximum Gasteiger partial charge on any atom is 0.188 e. The molecule has 0 amide bonds. The summed E-state index contributed by atoms with van der Waals surface area (Å²) in [7, 11) is 0. The number of hydrogen-bond acceptors (Lipinski definition) is 3. The quantitative estimate of drug-likeness (QED) is 0.278. The van der Waals surface area contributed by atoms with E-state index in [1.165, 1.54) is 38.5 Å². The first-order valence-corrected chi connectivity index (χ1v) is 9.08. The van der Waals surface area contributed by atoms with Gasteiger partial charge in [-0.2, -0.15) is 0 Å². The third-order valence-corrected chi connectivity index (χ3v) is 5.00. The van der Waals surface area contributed by atoms with Crippen molar-refractivity contribution < 1.29 is 4.74 Å². The molecule has 1 aliphatic carbocycles. The first-order valence-electron chi connectivity index (χ1n) is 9.08. The molecule has 2 rings (SSSR count). The van der Waals surface area contributed by atoms with Crippen molar-refractivity contribution in [3.63, 3.8) is 0 Å². The average Bonchev–Trinajstić information content (AvgIpc) is 2.55. The van der Waals surface area contributed by atoms with Gasteiger partial charge in [0.2, 0.25) is 0 Å². The molecule has 0 atom stereocenters. The molecule has 0 bridgehead atoms. The highest BCUT2D eigenvalue weighted by molar-refractivity contribution is 14.0. The van der Waals surface area contributed by atoms with Crippen LogP contribution in [0.5, 0.6) is 0 Å². The van der Waals surface area contributed by atoms with Crippen molar-refractivity contribution in [2.45, 2.75) is 51.9 Å². The standard InChI is InChI=1S/C17H34N4O.HI/c1-2-3-9-19-16(18)20-14-17(7-5-4-6-8-17)15-21-10-12-22-13-11-21;/h2-15H2,1H3,(H3,18,19,20);1H. The molecule has 1 saturated heterocycles. The van der Waals surface area contributed by atoms with Crippen LogP contribution in [-0.4, -0.2) is 56.8 Å². The van der Waals surface area contributed by atoms with Crippen molar-refractivity contribution in [3.05, 3.63) is 0 Å². The van der Waals surface area contributed by atoms with E-state index in [4.69, 9.17) is 10.5 Å². The van der Waals surface area contributed by atoms with Crippen LogP contribution in [0.3, 0.4) is 0 Å². The zero-order valence-corrected chi connectivity index (χ0v) is 17.0. The fourth-order valence-corrected chi connectivity index (χ4v) is 3.60. The maximum absolute atomic E-state index is 6.03. The highest BCUT2D eigenvalue weighted by Crippen LogP contribution is 2.37. The normalized spacial score (nSPS) is 22.4. The van der Waals surface area contributed by atoms with Crippen LogP contribution < -0.4 is 11.1 Å². The van der Waals surface area contributed by atoms with E-state index < -0.39 is 0 Å². The molecule has 0 unspecified atom stereocenters. The number of hydrogen-bond donors (Lipinski definition) is 2. The van der Waals surface area contributed by atoms with Crippen molar-refractivity contribution in [1.82, 2.24) is 10.2 Å². The van der Waals surface area contributed by atoms with Crippen LogP contribution in [0.15, 0.2) is 4.99 Å². The Morgan fingerprint density at radius 2 is 1.91 bits per heavy atom. The molecule has 1 aliphatic heterocycles. The number of nitrogens with two attached hydrogens (primary N) is 1. The second kappa shape index (κ2) is 11.5. The Hall–Kier alpha value is -0.0800. The summed E-state index contributed by atoms with van der Waals surface area (Å²) in [6, 6.07) is 0. The number of morpholine rings is 1. The minimum absolute atomic E-state index is 0. The summed E-state index contributed by atoms with van der Waals surface area (Å²) in [5.41, 5.74) is 6.36. The van der Waals surface area contributed by atoms with Gasteiger partial charge in [-0.15, -0.1) is 24.0 Å². The van der Waals surface area contributed by atoms with Gasteiger partial charge in [-0.3, -0.25) is 9.89 Å². The van der Waals surface area contributed by atoms with E-state index in [1.807, 2.05) is 0 Å². The number of halogens is 1. The predicted molar refractivity (Wildman–Crippen MR) is 108 cm³/mol. The molecule has 1 heterocycles. The van der Waals surface area contributed by atoms with Gasteiger partial charge in [0.25, 0.3) is 0 Å². The lowest BCUT2D eigenvalue weighted by atomic mass is 9.73. The lowest BCUT2D eigenvalue weighted by Gasteiger charge is -2.41. The number of nitrogens with one attached hydrogen (secondary N) is 1. The van der Waals surface area contributed by atoms with E-state index in [9.17, 15) is 0 Å². The summed E-state index contributed by atoms with van der Waals surface area (Å²) in [5, 5.41) is 3.24. The molecule has 0 radical (unpaired) electrons. The molecule has 0 aromatic carbocycles. The number of unbranched alkanes of at least 4 members (excludes halogenated alkanes) is 1. The Balaban J connectivity index is 0.00000264. The monoisotopic (exact) mass is 438 g/mol. The number of guanidine groups is 1. The van der Waals surface area contributed by atoms with Crippen LogP contribution >= 0.6 is 24.0 Å². The summed E-state index contributed by atoms with van der Waals surface area (Å²) >= 11 is 0. The minimum atomic E-state index is 0. The summed E-state index contributed by atoms with van der Waals surface area (Å²) in [6.45, 7) is 9.03. The summed E-state index contributed by atoms with van der Waals surface area (Å²) in [6.07, 6.45) is 8.95. The molecule has 136 valence electrons. The van der Waals surface area contributed by atoms with E-state index in [0.717, 1.165) is 52.4 Å². The van der Waals surface area contributed by atoms with Crippen LogP contribution in [0.2, 0.25) is 0 Å². The SMILES string of the molecule is CCCCNC(N)=NCC1(CN2CCOCC2)CCCCC1.I. The molecule has 0 spiro atoms. The Morgan fingerprint density at radius 3 is 2.57 bits per heavy atom. The molecule has 0 aromatic rings. The number of aliphatic imine (C=N–C) groups is 1. The molecular formula is C17H35IN4O. The van der Waals surface area contributed by atoms with Crippen LogP contribution in [0.25, 0.3) is 0 Å². The third-order valence-electron chi connectivity index (χ3n) is 5.00. The van der Waals surface area contributed by atoms with E-state index in [2.05, 4.69) is 22.1 Å². The topological polar surface area (TPSA) is 62.9 Å². The maximum atomic E-state index is 6.03. The van der Waals surface area contributed by atoms with Gasteiger partial charge < -0.3 is 15.8 Å². The summed E-state index contributed by atoms with van der Waals surface area (Å²) < 4.78 is 5.48. The predicted octanol–water partition coefficient (Wildman–Crippen LogP) is 2.59. The smallest absolute Gasteiger partial charge is 0.188 e. The van der Waals surface area contributed by atoms with Crippen LogP contribution in [0, 0.1) is 5.41 Å². The molecule has 2 fully saturated rings. The van der Waals surface area contributed by atoms with Gasteiger partial charge >= 0.3 is 0 Å². The Morgan fingerprint density at radius 1 is 1.22 bits per heavy atom. The molecule has 3 N–H and O–H groups in total. The van der Waals surface area contributed by atoms with Gasteiger partial charge in [0.05, 0.1) is 13.2 Å². The third kappa shape index (κ3) is 7.56. The zero-order chi connectivity index (χ0) is 15.7. The molecule has 1 saturated carbocycles. The van der Waals surface area contributed by atoms with Crippen molar-refractivity contribution in [2.75, 3.05) is 45.9 Å². The average molecular weight is 438 g/mol. The minimum Gasteiger partial charge on any atom is -0.379 e. The van der Waals surface area contributed by atoms with Gasteiger partial charge in [0.15, 0.2) is 5.96 Å². The van der Waals surface area contributed by atoms with Gasteiger partial charge in [0.1, 0.15) is 0 Å². The number of rotatable bonds is 7. The number of nitrogens with zero attached hydrogens (tertiary/aromatic N) is 2. The fraction of sp³-hybridized carbons (Fsp3) is 0.941. The van der Waals surface area contributed by atoms with E-state index >= 15 is 0 Å². The molecule has 6 heteroatoms. The first kappa shape index (κ1) is 21.0. The van der Waals surface area contributed by atoms with Gasteiger partial charge in [-0.05, 0) is 19.3 Å². The lowest BCUT2D eigenvalue weighted by molar-refractivity contribution is 0.00939. The Bertz CT molecular complexity index is 339. The molecule has 5 nitrogen and oxygen atoms in total. The van der Waals surface area contributed by atoms with Gasteiger partial charge in [-0.25, -0.2) is 0 Å². The van der Waals surface area contributed by atoms with Gasteiger partial charge in [-0.1, -0.05) is 32.6 Å². The number of ether oxygens (including phenoxy) is 1. The second-order valence-electron chi connectivity index (χ2n) is 6.93. The van der Waals surface area contributed by atoms with Crippen LogP contribution in [0.1, 0.15) is 51.9 Å². The van der Waals surface area contributed by atoms with Crippen molar-refractivity contribution >= 4 is 29.9 Å². The Labute approximate surface area is 158 Å². The van der Waals surface area contributed by atoms with E-state index in [-0.39, 0.29) is 24.0 Å². The lowest BCUT2D eigenvalue weighted by Crippen LogP contribution is -2.46. The fourth-order valence-electron chi connectivity index (χ4n) is 3.60.